The maximum atomic E-state index is 12.8. The molecule has 160 valence electrons. The molecule has 0 unspecified atom stereocenters. The Morgan fingerprint density at radius 1 is 1.10 bits per heavy atom. The summed E-state index contributed by atoms with van der Waals surface area (Å²) in [6.07, 6.45) is 3.08. The largest absolute Gasteiger partial charge is 0.439 e. The zero-order valence-corrected chi connectivity index (χ0v) is 18.6. The second-order valence-corrected chi connectivity index (χ2v) is 9.10. The summed E-state index contributed by atoms with van der Waals surface area (Å²) in [4.78, 5) is 16.9. The molecule has 2 aromatic rings. The Bertz CT molecular complexity index is 913. The van der Waals surface area contributed by atoms with E-state index >= 15 is 0 Å². The van der Waals surface area contributed by atoms with Gasteiger partial charge in [0, 0.05) is 12.3 Å². The molecule has 1 aromatic heterocycles. The second-order valence-electron chi connectivity index (χ2n) is 6.77. The topological polar surface area (TPSA) is 97.4 Å². The second kappa shape index (κ2) is 10.2. The highest BCUT2D eigenvalue weighted by Gasteiger charge is 2.48. The van der Waals surface area contributed by atoms with Gasteiger partial charge in [-0.1, -0.05) is 17.7 Å². The van der Waals surface area contributed by atoms with Crippen LogP contribution < -0.4 is 15.4 Å². The van der Waals surface area contributed by atoms with E-state index in [-0.39, 0.29) is 37.7 Å². The van der Waals surface area contributed by atoms with Gasteiger partial charge in [0.1, 0.15) is 5.75 Å². The Hall–Kier alpha value is -1.87. The van der Waals surface area contributed by atoms with Gasteiger partial charge in [0.15, 0.2) is 14.6 Å². The van der Waals surface area contributed by atoms with Crippen LogP contribution in [-0.2, 0) is 14.6 Å². The maximum absolute atomic E-state index is 12.8. The van der Waals surface area contributed by atoms with Crippen molar-refractivity contribution in [3.05, 3.63) is 48.2 Å². The number of pyridine rings is 1. The fraction of sp³-hybridized carbons (Fsp3) is 0.368. The van der Waals surface area contributed by atoms with Crippen LogP contribution in [0.3, 0.4) is 0 Å². The minimum atomic E-state index is -3.56. The van der Waals surface area contributed by atoms with Gasteiger partial charge in [0.2, 0.25) is 11.8 Å². The third kappa shape index (κ3) is 5.82. The minimum Gasteiger partial charge on any atom is -0.439 e. The van der Waals surface area contributed by atoms with Crippen molar-refractivity contribution in [3.8, 4) is 11.6 Å². The first-order chi connectivity index (χ1) is 12.8. The van der Waals surface area contributed by atoms with Crippen LogP contribution in [-0.4, -0.2) is 43.4 Å². The number of amides is 1. The van der Waals surface area contributed by atoms with Gasteiger partial charge in [-0.3, -0.25) is 4.79 Å². The van der Waals surface area contributed by atoms with Crippen LogP contribution in [0, 0.1) is 6.92 Å². The van der Waals surface area contributed by atoms with Crippen LogP contribution in [0.1, 0.15) is 18.4 Å². The normalized spacial score (nSPS) is 15.4. The number of halogens is 2. The average molecular weight is 462 g/mol. The Kier molecular flexibility index (Phi) is 8.89. The number of anilines is 1. The van der Waals surface area contributed by atoms with Crippen LogP contribution in [0.15, 0.2) is 42.6 Å². The molecule has 10 heteroatoms. The number of piperidine rings is 1. The summed E-state index contributed by atoms with van der Waals surface area (Å²) in [5.41, 5.74) is 1.56. The highest BCUT2D eigenvalue weighted by molar-refractivity contribution is 7.92. The van der Waals surface area contributed by atoms with Gasteiger partial charge >= 0.3 is 0 Å². The summed E-state index contributed by atoms with van der Waals surface area (Å²) in [5, 5.41) is 5.78. The molecule has 7 nitrogen and oxygen atoms in total. The van der Waals surface area contributed by atoms with E-state index in [1.54, 1.807) is 12.1 Å². The molecule has 1 amide bonds. The number of carbonyl (C=O) groups is 1. The molecule has 2 heterocycles. The molecule has 0 bridgehead atoms. The average Bonchev–Trinajstić information content (AvgIpc) is 2.65. The molecule has 3 rings (SSSR count). The zero-order valence-electron chi connectivity index (χ0n) is 16.2. The molecule has 0 spiro atoms. The fourth-order valence-electron chi connectivity index (χ4n) is 3.08. The predicted octanol–water partition coefficient (Wildman–Crippen LogP) is 3.13. The van der Waals surface area contributed by atoms with Gasteiger partial charge in [-0.25, -0.2) is 13.4 Å². The third-order valence-corrected chi connectivity index (χ3v) is 6.79. The lowest BCUT2D eigenvalue weighted by molar-refractivity contribution is -0.119. The summed E-state index contributed by atoms with van der Waals surface area (Å²) in [6, 6.07) is 10.8. The number of nitrogens with zero attached hydrogens (tertiary/aromatic N) is 1. The van der Waals surface area contributed by atoms with Gasteiger partial charge in [0.25, 0.3) is 0 Å². The summed E-state index contributed by atoms with van der Waals surface area (Å²) >= 11 is 0. The number of rotatable bonds is 5. The van der Waals surface area contributed by atoms with E-state index in [9.17, 15) is 13.2 Å². The number of aryl methyl sites for hydroxylation is 1. The van der Waals surface area contributed by atoms with Gasteiger partial charge in [-0.15, -0.1) is 24.8 Å². The predicted molar refractivity (Wildman–Crippen MR) is 118 cm³/mol. The lowest BCUT2D eigenvalue weighted by Gasteiger charge is -2.34. The number of ether oxygens (including phenoxy) is 1. The van der Waals surface area contributed by atoms with Crippen molar-refractivity contribution in [3.63, 3.8) is 0 Å². The van der Waals surface area contributed by atoms with Crippen LogP contribution in [0.4, 0.5) is 5.69 Å². The SMILES string of the molecule is Cc1ccc(Oc2ccc(NC(=O)C3(S(C)(=O)=O)CCNCC3)cn2)cc1.Cl.Cl. The molecular formula is C19H25Cl2N3O4S. The first-order valence-electron chi connectivity index (χ1n) is 8.72. The van der Waals surface area contributed by atoms with E-state index in [2.05, 4.69) is 15.6 Å². The van der Waals surface area contributed by atoms with E-state index < -0.39 is 20.5 Å². The molecule has 1 saturated heterocycles. The molecule has 29 heavy (non-hydrogen) atoms. The van der Waals surface area contributed by atoms with Crippen LogP contribution in [0.2, 0.25) is 0 Å². The standard InChI is InChI=1S/C19H23N3O4S.2ClH/c1-14-3-6-16(7-4-14)26-17-8-5-15(13-21-17)22-18(23)19(27(2,24)25)9-11-20-12-10-19;;/h3-8,13,20H,9-12H2,1-2H3,(H,22,23);2*1H. The van der Waals surface area contributed by atoms with E-state index in [0.717, 1.165) is 11.8 Å². The highest BCUT2D eigenvalue weighted by Crippen LogP contribution is 2.29. The monoisotopic (exact) mass is 461 g/mol. The van der Waals surface area contributed by atoms with Crippen molar-refractivity contribution in [1.82, 2.24) is 10.3 Å². The Morgan fingerprint density at radius 2 is 1.72 bits per heavy atom. The van der Waals surface area contributed by atoms with Gasteiger partial charge in [0.05, 0.1) is 11.9 Å². The lowest BCUT2D eigenvalue weighted by atomic mass is 9.96. The van der Waals surface area contributed by atoms with Crippen LogP contribution in [0.25, 0.3) is 0 Å². The van der Waals surface area contributed by atoms with Crippen molar-refractivity contribution in [1.29, 1.82) is 0 Å². The highest BCUT2D eigenvalue weighted by atomic mass is 35.5. The Labute approximate surface area is 183 Å². The molecule has 1 fully saturated rings. The number of hydrogen-bond acceptors (Lipinski definition) is 6. The van der Waals surface area contributed by atoms with Crippen molar-refractivity contribution in [2.75, 3.05) is 24.7 Å². The van der Waals surface area contributed by atoms with Crippen molar-refractivity contribution >= 4 is 46.2 Å². The van der Waals surface area contributed by atoms with Gasteiger partial charge < -0.3 is 15.4 Å². The zero-order chi connectivity index (χ0) is 19.5. The molecule has 1 aromatic carbocycles. The molecule has 0 atom stereocenters. The number of aromatic nitrogens is 1. The first-order valence-corrected chi connectivity index (χ1v) is 10.6. The summed E-state index contributed by atoms with van der Waals surface area (Å²) in [5.74, 6) is 0.535. The molecule has 1 aliphatic heterocycles. The number of nitrogens with one attached hydrogen (secondary N) is 2. The van der Waals surface area contributed by atoms with Crippen molar-refractivity contribution < 1.29 is 17.9 Å². The van der Waals surface area contributed by atoms with Gasteiger partial charge in [-0.2, -0.15) is 0 Å². The number of sulfone groups is 1. The van der Waals surface area contributed by atoms with Crippen molar-refractivity contribution in [2.45, 2.75) is 24.5 Å². The third-order valence-electron chi connectivity index (χ3n) is 4.77. The Morgan fingerprint density at radius 3 is 2.24 bits per heavy atom. The van der Waals surface area contributed by atoms with Crippen LogP contribution in [0.5, 0.6) is 11.6 Å². The molecular weight excluding hydrogens is 437 g/mol. The number of hydrogen-bond donors (Lipinski definition) is 2. The van der Waals surface area contributed by atoms with E-state index in [4.69, 9.17) is 4.74 Å². The maximum Gasteiger partial charge on any atom is 0.245 e. The quantitative estimate of drug-likeness (QED) is 0.709. The van der Waals surface area contributed by atoms with E-state index in [1.165, 1.54) is 6.20 Å². The molecule has 0 saturated carbocycles. The van der Waals surface area contributed by atoms with E-state index in [0.29, 0.717) is 30.4 Å². The molecule has 0 aliphatic carbocycles. The van der Waals surface area contributed by atoms with Gasteiger partial charge in [-0.05, 0) is 51.1 Å². The smallest absolute Gasteiger partial charge is 0.245 e. The number of carbonyl (C=O) groups excluding carboxylic acids is 1. The van der Waals surface area contributed by atoms with Crippen LogP contribution >= 0.6 is 24.8 Å². The number of benzene rings is 1. The summed E-state index contributed by atoms with van der Waals surface area (Å²) in [6.45, 7) is 2.97. The summed E-state index contributed by atoms with van der Waals surface area (Å²) < 4.78 is 28.8. The lowest BCUT2D eigenvalue weighted by Crippen LogP contribution is -2.55. The Balaban J connectivity index is 0.00000210. The first kappa shape index (κ1) is 25.2. The van der Waals surface area contributed by atoms with E-state index in [1.807, 2.05) is 31.2 Å². The van der Waals surface area contributed by atoms with Crippen molar-refractivity contribution in [2.24, 2.45) is 0 Å². The minimum absolute atomic E-state index is 0. The fourth-order valence-corrected chi connectivity index (χ4v) is 4.42. The molecule has 2 N–H and O–H groups in total. The summed E-state index contributed by atoms with van der Waals surface area (Å²) in [7, 11) is -3.56. The molecule has 1 aliphatic rings. The molecule has 0 radical (unpaired) electrons.